The number of nitriles is 1. The molecule has 0 heterocycles. The molecule has 1 atom stereocenters. The normalized spacial score (nSPS) is 11.6. The lowest BCUT2D eigenvalue weighted by Gasteiger charge is -2.03. The van der Waals surface area contributed by atoms with E-state index in [2.05, 4.69) is 0 Å². The molecule has 0 aromatic heterocycles. The van der Waals surface area contributed by atoms with Gasteiger partial charge in [-0.2, -0.15) is 5.26 Å². The van der Waals surface area contributed by atoms with Crippen molar-refractivity contribution < 1.29 is 4.79 Å². The van der Waals surface area contributed by atoms with Crippen LogP contribution in [0.1, 0.15) is 5.56 Å². The van der Waals surface area contributed by atoms with Crippen molar-refractivity contribution >= 4 is 5.91 Å². The van der Waals surface area contributed by atoms with Gasteiger partial charge in [-0.25, -0.2) is 0 Å². The van der Waals surface area contributed by atoms with E-state index in [-0.39, 0.29) is 0 Å². The predicted molar refractivity (Wildman–Crippen MR) is 48.4 cm³/mol. The van der Waals surface area contributed by atoms with E-state index in [0.717, 1.165) is 5.56 Å². The first kappa shape index (κ1) is 9.27. The molecule has 0 saturated carbocycles. The number of nitrogens with zero attached hydrogens (tertiary/aromatic N) is 1. The minimum atomic E-state index is -0.720. The summed E-state index contributed by atoms with van der Waals surface area (Å²) in [6.45, 7) is 0. The summed E-state index contributed by atoms with van der Waals surface area (Å²) in [4.78, 5) is 10.7. The second-order valence-corrected chi connectivity index (χ2v) is 2.77. The van der Waals surface area contributed by atoms with Crippen molar-refractivity contribution in [2.24, 2.45) is 11.7 Å². The second kappa shape index (κ2) is 4.27. The molecule has 1 amide bonds. The minimum Gasteiger partial charge on any atom is -0.369 e. The summed E-state index contributed by atoms with van der Waals surface area (Å²) in [5.74, 6) is -1.28. The highest BCUT2D eigenvalue weighted by molar-refractivity contribution is 5.79. The summed E-state index contributed by atoms with van der Waals surface area (Å²) >= 11 is 0. The van der Waals surface area contributed by atoms with Crippen LogP contribution in [0.5, 0.6) is 0 Å². The van der Waals surface area contributed by atoms with E-state index in [1.165, 1.54) is 0 Å². The van der Waals surface area contributed by atoms with Crippen molar-refractivity contribution in [3.05, 3.63) is 35.9 Å². The van der Waals surface area contributed by atoms with E-state index in [4.69, 9.17) is 11.0 Å². The number of hydrogen-bond donors (Lipinski definition) is 1. The number of carbonyl (C=O) groups excluding carboxylic acids is 1. The van der Waals surface area contributed by atoms with Gasteiger partial charge in [-0.15, -0.1) is 0 Å². The quantitative estimate of drug-likeness (QED) is 0.738. The Morgan fingerprint density at radius 2 is 2.08 bits per heavy atom. The van der Waals surface area contributed by atoms with Crippen molar-refractivity contribution in [2.45, 2.75) is 6.42 Å². The number of hydrogen-bond acceptors (Lipinski definition) is 2. The van der Waals surface area contributed by atoms with Gasteiger partial charge in [-0.1, -0.05) is 30.3 Å². The molecule has 1 aromatic rings. The zero-order valence-corrected chi connectivity index (χ0v) is 7.10. The molecule has 0 radical (unpaired) electrons. The summed E-state index contributed by atoms with van der Waals surface area (Å²) in [7, 11) is 0. The minimum absolute atomic E-state index is 0.396. The van der Waals surface area contributed by atoms with Crippen LogP contribution < -0.4 is 5.73 Å². The fourth-order valence-electron chi connectivity index (χ4n) is 1.06. The maximum atomic E-state index is 10.7. The number of nitrogens with two attached hydrogens (primary N) is 1. The number of benzene rings is 1. The molecule has 0 aliphatic carbocycles. The van der Waals surface area contributed by atoms with Gasteiger partial charge in [0, 0.05) is 0 Å². The van der Waals surface area contributed by atoms with Gasteiger partial charge in [-0.05, 0) is 12.0 Å². The van der Waals surface area contributed by atoms with Gasteiger partial charge in [0.1, 0.15) is 5.92 Å². The summed E-state index contributed by atoms with van der Waals surface area (Å²) in [5.41, 5.74) is 5.99. The molecule has 3 nitrogen and oxygen atoms in total. The first-order valence-corrected chi connectivity index (χ1v) is 3.97. The highest BCUT2D eigenvalue weighted by Gasteiger charge is 2.13. The SMILES string of the molecule is N#C[C@H](Cc1ccccc1)C(N)=O. The number of carbonyl (C=O) groups is 1. The molecule has 2 N–H and O–H groups in total. The molecule has 0 aliphatic rings. The van der Waals surface area contributed by atoms with Gasteiger partial charge in [0.05, 0.1) is 6.07 Å². The average Bonchev–Trinajstić information content (AvgIpc) is 2.15. The molecule has 1 aromatic carbocycles. The molecule has 0 aliphatic heterocycles. The fourth-order valence-corrected chi connectivity index (χ4v) is 1.06. The van der Waals surface area contributed by atoms with Gasteiger partial charge in [0.2, 0.25) is 5.91 Å². The Hall–Kier alpha value is -1.82. The molecule has 3 heteroatoms. The number of amides is 1. The van der Waals surface area contributed by atoms with Crippen LogP contribution in [-0.4, -0.2) is 5.91 Å². The van der Waals surface area contributed by atoms with Crippen molar-refractivity contribution in [1.29, 1.82) is 5.26 Å². The van der Waals surface area contributed by atoms with Crippen LogP contribution in [0, 0.1) is 17.2 Å². The molecule has 0 unspecified atom stereocenters. The van der Waals surface area contributed by atoms with Crippen LogP contribution in [0.3, 0.4) is 0 Å². The van der Waals surface area contributed by atoms with Gasteiger partial charge >= 0.3 is 0 Å². The highest BCUT2D eigenvalue weighted by Crippen LogP contribution is 2.06. The van der Waals surface area contributed by atoms with Crippen molar-refractivity contribution in [2.75, 3.05) is 0 Å². The smallest absolute Gasteiger partial charge is 0.235 e. The summed E-state index contributed by atoms with van der Waals surface area (Å²) in [6, 6.07) is 11.2. The maximum absolute atomic E-state index is 10.7. The van der Waals surface area contributed by atoms with Gasteiger partial charge in [0.15, 0.2) is 0 Å². The van der Waals surface area contributed by atoms with Crippen LogP contribution in [0.2, 0.25) is 0 Å². The largest absolute Gasteiger partial charge is 0.369 e. The molecular weight excluding hydrogens is 164 g/mol. The first-order valence-electron chi connectivity index (χ1n) is 3.97. The molecule has 1 rings (SSSR count). The Balaban J connectivity index is 2.69. The van der Waals surface area contributed by atoms with Gasteiger partial charge in [-0.3, -0.25) is 4.79 Å². The lowest BCUT2D eigenvalue weighted by molar-refractivity contribution is -0.120. The summed E-state index contributed by atoms with van der Waals surface area (Å²) in [5, 5.41) is 8.61. The Labute approximate surface area is 76.8 Å². The fraction of sp³-hybridized carbons (Fsp3) is 0.200. The van der Waals surface area contributed by atoms with Crippen molar-refractivity contribution in [3.8, 4) is 6.07 Å². The van der Waals surface area contributed by atoms with Gasteiger partial charge < -0.3 is 5.73 Å². The monoisotopic (exact) mass is 174 g/mol. The third-order valence-electron chi connectivity index (χ3n) is 1.78. The molecule has 66 valence electrons. The third-order valence-corrected chi connectivity index (χ3v) is 1.78. The molecule has 0 saturated heterocycles. The first-order chi connectivity index (χ1) is 6.24. The number of primary amides is 1. The topological polar surface area (TPSA) is 66.9 Å². The molecule has 0 bridgehead atoms. The van der Waals surface area contributed by atoms with E-state index >= 15 is 0 Å². The van der Waals surface area contributed by atoms with Crippen LogP contribution in [0.4, 0.5) is 0 Å². The Morgan fingerprint density at radius 1 is 1.46 bits per heavy atom. The van der Waals surface area contributed by atoms with Crippen LogP contribution in [0.25, 0.3) is 0 Å². The van der Waals surface area contributed by atoms with Crippen molar-refractivity contribution in [3.63, 3.8) is 0 Å². The lowest BCUT2D eigenvalue weighted by atomic mass is 10.0. The summed E-state index contributed by atoms with van der Waals surface area (Å²) in [6.07, 6.45) is 0.396. The maximum Gasteiger partial charge on any atom is 0.235 e. The molecular formula is C10H10N2O. The molecule has 0 fully saturated rings. The molecule has 0 spiro atoms. The van der Waals surface area contributed by atoms with E-state index in [0.29, 0.717) is 6.42 Å². The van der Waals surface area contributed by atoms with Crippen LogP contribution in [0.15, 0.2) is 30.3 Å². The Kier molecular flexibility index (Phi) is 3.04. The Morgan fingerprint density at radius 3 is 2.54 bits per heavy atom. The lowest BCUT2D eigenvalue weighted by Crippen LogP contribution is -2.23. The van der Waals surface area contributed by atoms with E-state index in [1.54, 1.807) is 0 Å². The zero-order valence-electron chi connectivity index (χ0n) is 7.10. The van der Waals surface area contributed by atoms with E-state index in [9.17, 15) is 4.79 Å². The van der Waals surface area contributed by atoms with E-state index in [1.807, 2.05) is 36.4 Å². The van der Waals surface area contributed by atoms with Crippen LogP contribution in [-0.2, 0) is 11.2 Å². The number of rotatable bonds is 3. The predicted octanol–water partition coefficient (Wildman–Crippen LogP) is 0.854. The standard InChI is InChI=1S/C10H10N2O/c11-7-9(10(12)13)6-8-4-2-1-3-5-8/h1-5,9H,6H2,(H2,12,13)/t9-/m0/s1. The average molecular weight is 174 g/mol. The zero-order chi connectivity index (χ0) is 9.68. The summed E-state index contributed by atoms with van der Waals surface area (Å²) < 4.78 is 0. The Bertz CT molecular complexity index is 327. The van der Waals surface area contributed by atoms with Crippen molar-refractivity contribution in [1.82, 2.24) is 0 Å². The van der Waals surface area contributed by atoms with E-state index < -0.39 is 11.8 Å². The third kappa shape index (κ3) is 2.60. The van der Waals surface area contributed by atoms with Gasteiger partial charge in [0.25, 0.3) is 0 Å². The second-order valence-electron chi connectivity index (χ2n) is 2.77. The molecule has 13 heavy (non-hydrogen) atoms. The highest BCUT2D eigenvalue weighted by atomic mass is 16.1. The van der Waals surface area contributed by atoms with Crippen LogP contribution >= 0.6 is 0 Å².